The third kappa shape index (κ3) is 3.15. The van der Waals surface area contributed by atoms with Gasteiger partial charge in [-0.05, 0) is 12.5 Å². The molecule has 0 atom stereocenters. The average molecular weight is 356 g/mol. The maximum absolute atomic E-state index is 12.7. The number of carboxylic acids is 1. The number of fused-ring (bicyclic) bond motifs is 2. The van der Waals surface area contributed by atoms with Crippen LogP contribution in [0.25, 0.3) is 0 Å². The number of nitrogens with zero attached hydrogens (tertiary/aromatic N) is 3. The molecule has 2 aliphatic rings. The molecule has 8 heteroatoms. The molecule has 2 aromatic rings. The maximum Gasteiger partial charge on any atom is 0.356 e. The summed E-state index contributed by atoms with van der Waals surface area (Å²) in [6.07, 6.45) is 0.505. The van der Waals surface area contributed by atoms with Crippen molar-refractivity contribution >= 4 is 11.9 Å². The van der Waals surface area contributed by atoms with Gasteiger partial charge in [-0.1, -0.05) is 18.2 Å². The van der Waals surface area contributed by atoms with Crippen LogP contribution in [-0.2, 0) is 24.3 Å². The molecule has 1 aromatic heterocycles. The van der Waals surface area contributed by atoms with E-state index in [9.17, 15) is 9.59 Å². The van der Waals surface area contributed by atoms with Crippen molar-refractivity contribution in [1.82, 2.24) is 20.0 Å². The number of carboxylic acid groups (broad SMARTS) is 1. The van der Waals surface area contributed by atoms with E-state index in [1.807, 2.05) is 24.3 Å². The normalized spacial score (nSPS) is 17.0. The molecule has 0 saturated heterocycles. The Morgan fingerprint density at radius 2 is 2.08 bits per heavy atom. The summed E-state index contributed by atoms with van der Waals surface area (Å²) in [6.45, 7) is 3.10. The number of para-hydroxylation sites is 1. The fourth-order valence-electron chi connectivity index (χ4n) is 3.51. The van der Waals surface area contributed by atoms with Crippen LogP contribution in [0.4, 0.5) is 0 Å². The molecule has 0 radical (unpaired) electrons. The largest absolute Gasteiger partial charge is 0.492 e. The zero-order valence-electron chi connectivity index (χ0n) is 14.3. The van der Waals surface area contributed by atoms with Crippen LogP contribution in [0.5, 0.6) is 5.75 Å². The zero-order chi connectivity index (χ0) is 18.1. The lowest BCUT2D eigenvalue weighted by atomic mass is 10.0. The van der Waals surface area contributed by atoms with Crippen LogP contribution in [0.2, 0.25) is 0 Å². The first-order valence-corrected chi connectivity index (χ1v) is 8.62. The molecule has 1 aromatic carbocycles. The summed E-state index contributed by atoms with van der Waals surface area (Å²) in [4.78, 5) is 27.7. The number of aromatic nitrogens is 2. The number of hydrogen-bond acceptors (Lipinski definition) is 5. The second-order valence-electron chi connectivity index (χ2n) is 6.57. The third-order valence-corrected chi connectivity index (χ3v) is 4.88. The summed E-state index contributed by atoms with van der Waals surface area (Å²) >= 11 is 0. The molecular weight excluding hydrogens is 336 g/mol. The van der Waals surface area contributed by atoms with Gasteiger partial charge in [-0.25, -0.2) is 4.79 Å². The van der Waals surface area contributed by atoms with Gasteiger partial charge in [0.05, 0.1) is 18.8 Å². The maximum atomic E-state index is 12.7. The van der Waals surface area contributed by atoms with Crippen molar-refractivity contribution in [2.24, 2.45) is 0 Å². The molecule has 4 rings (SSSR count). The molecule has 2 N–H and O–H groups in total. The summed E-state index contributed by atoms with van der Waals surface area (Å²) in [5.41, 5.74) is 2.57. The van der Waals surface area contributed by atoms with E-state index in [0.717, 1.165) is 11.3 Å². The van der Waals surface area contributed by atoms with Gasteiger partial charge < -0.3 is 14.7 Å². The summed E-state index contributed by atoms with van der Waals surface area (Å²) in [5, 5.41) is 15.8. The number of aromatic amines is 1. The first kappa shape index (κ1) is 16.6. The predicted octanol–water partition coefficient (Wildman–Crippen LogP) is 0.887. The van der Waals surface area contributed by atoms with Crippen molar-refractivity contribution < 1.29 is 19.4 Å². The van der Waals surface area contributed by atoms with Gasteiger partial charge in [0.2, 0.25) is 5.91 Å². The molecular formula is C18H20N4O4. The monoisotopic (exact) mass is 356 g/mol. The Kier molecular flexibility index (Phi) is 4.34. The van der Waals surface area contributed by atoms with E-state index in [1.165, 1.54) is 0 Å². The van der Waals surface area contributed by atoms with Crippen molar-refractivity contribution in [2.75, 3.05) is 26.2 Å². The molecule has 0 fully saturated rings. The molecule has 0 aliphatic carbocycles. The minimum absolute atomic E-state index is 0.0292. The van der Waals surface area contributed by atoms with Gasteiger partial charge in [0.1, 0.15) is 12.4 Å². The summed E-state index contributed by atoms with van der Waals surface area (Å²) in [7, 11) is 0. The van der Waals surface area contributed by atoms with Crippen LogP contribution in [-0.4, -0.2) is 63.2 Å². The SMILES string of the molecule is O=C(O)c1n[nH]c2c1CCN(C(=O)CN1CCOc3ccccc3C1)C2. The topological polar surface area (TPSA) is 98.8 Å². The summed E-state index contributed by atoms with van der Waals surface area (Å²) in [6, 6.07) is 7.88. The molecule has 0 bridgehead atoms. The minimum atomic E-state index is -1.04. The Hall–Kier alpha value is -2.87. The number of amides is 1. The van der Waals surface area contributed by atoms with Gasteiger partial charge in [-0.15, -0.1) is 0 Å². The van der Waals surface area contributed by atoms with E-state index in [1.54, 1.807) is 4.90 Å². The predicted molar refractivity (Wildman–Crippen MR) is 91.9 cm³/mol. The number of carbonyl (C=O) groups is 2. The van der Waals surface area contributed by atoms with Gasteiger partial charge in [0, 0.05) is 30.8 Å². The number of rotatable bonds is 3. The lowest BCUT2D eigenvalue weighted by Gasteiger charge is -2.29. The number of benzene rings is 1. The van der Waals surface area contributed by atoms with E-state index in [0.29, 0.717) is 57.0 Å². The third-order valence-electron chi connectivity index (χ3n) is 4.88. The molecule has 0 saturated carbocycles. The lowest BCUT2D eigenvalue weighted by molar-refractivity contribution is -0.133. The number of nitrogens with one attached hydrogen (secondary N) is 1. The Balaban J connectivity index is 1.42. The van der Waals surface area contributed by atoms with Crippen LogP contribution in [0.15, 0.2) is 24.3 Å². The minimum Gasteiger partial charge on any atom is -0.492 e. The number of hydrogen-bond donors (Lipinski definition) is 2. The van der Waals surface area contributed by atoms with Crippen molar-refractivity contribution in [2.45, 2.75) is 19.5 Å². The highest BCUT2D eigenvalue weighted by molar-refractivity contribution is 5.87. The molecule has 8 nitrogen and oxygen atoms in total. The fourth-order valence-corrected chi connectivity index (χ4v) is 3.51. The second kappa shape index (κ2) is 6.80. The van der Waals surface area contributed by atoms with Crippen LogP contribution in [0.3, 0.4) is 0 Å². The van der Waals surface area contributed by atoms with Gasteiger partial charge in [0.15, 0.2) is 5.69 Å². The lowest BCUT2D eigenvalue weighted by Crippen LogP contribution is -2.43. The fraction of sp³-hybridized carbons (Fsp3) is 0.389. The number of ether oxygens (including phenoxy) is 1. The Labute approximate surface area is 150 Å². The first-order valence-electron chi connectivity index (χ1n) is 8.62. The molecule has 3 heterocycles. The van der Waals surface area contributed by atoms with E-state index < -0.39 is 5.97 Å². The Bertz CT molecular complexity index is 847. The van der Waals surface area contributed by atoms with Crippen molar-refractivity contribution in [3.05, 3.63) is 46.8 Å². The highest BCUT2D eigenvalue weighted by Crippen LogP contribution is 2.23. The standard InChI is InChI=1S/C18H20N4O4/c23-16(11-21-7-8-26-15-4-2-1-3-12(15)9-21)22-6-5-13-14(10-22)19-20-17(13)18(24)25/h1-4H,5-11H2,(H,19,20)(H,24,25). The molecule has 26 heavy (non-hydrogen) atoms. The smallest absolute Gasteiger partial charge is 0.356 e. The molecule has 2 aliphatic heterocycles. The van der Waals surface area contributed by atoms with E-state index in [2.05, 4.69) is 15.1 Å². The van der Waals surface area contributed by atoms with Gasteiger partial charge in [-0.3, -0.25) is 14.8 Å². The molecule has 0 spiro atoms. The van der Waals surface area contributed by atoms with Crippen LogP contribution < -0.4 is 4.74 Å². The van der Waals surface area contributed by atoms with Crippen molar-refractivity contribution in [3.63, 3.8) is 0 Å². The number of carbonyl (C=O) groups excluding carboxylic acids is 1. The number of aromatic carboxylic acids is 1. The summed E-state index contributed by atoms with van der Waals surface area (Å²) in [5.74, 6) is -0.129. The van der Waals surface area contributed by atoms with Gasteiger partial charge in [-0.2, -0.15) is 5.10 Å². The first-order chi connectivity index (χ1) is 12.6. The van der Waals surface area contributed by atoms with Crippen molar-refractivity contribution in [1.29, 1.82) is 0 Å². The van der Waals surface area contributed by atoms with E-state index in [-0.39, 0.29) is 11.6 Å². The highest BCUT2D eigenvalue weighted by Gasteiger charge is 2.28. The second-order valence-corrected chi connectivity index (χ2v) is 6.57. The van der Waals surface area contributed by atoms with E-state index >= 15 is 0 Å². The van der Waals surface area contributed by atoms with Gasteiger partial charge >= 0.3 is 5.97 Å². The number of H-pyrrole nitrogens is 1. The van der Waals surface area contributed by atoms with Crippen LogP contribution in [0.1, 0.15) is 27.3 Å². The Morgan fingerprint density at radius 1 is 1.23 bits per heavy atom. The van der Waals surface area contributed by atoms with Crippen LogP contribution >= 0.6 is 0 Å². The average Bonchev–Trinajstić information content (AvgIpc) is 2.95. The molecule has 0 unspecified atom stereocenters. The van der Waals surface area contributed by atoms with E-state index in [4.69, 9.17) is 9.84 Å². The van der Waals surface area contributed by atoms with Crippen LogP contribution in [0, 0.1) is 0 Å². The van der Waals surface area contributed by atoms with Gasteiger partial charge in [0.25, 0.3) is 0 Å². The quantitative estimate of drug-likeness (QED) is 0.847. The zero-order valence-corrected chi connectivity index (χ0v) is 14.3. The highest BCUT2D eigenvalue weighted by atomic mass is 16.5. The molecule has 136 valence electrons. The van der Waals surface area contributed by atoms with Crippen molar-refractivity contribution in [3.8, 4) is 5.75 Å². The Morgan fingerprint density at radius 3 is 2.92 bits per heavy atom. The molecule has 1 amide bonds. The summed E-state index contributed by atoms with van der Waals surface area (Å²) < 4.78 is 5.74.